The normalized spacial score (nSPS) is 10.6. The average molecular weight is 381 g/mol. The molecular weight excluding hydrogens is 369 g/mol. The van der Waals surface area contributed by atoms with Gasteiger partial charge in [-0.25, -0.2) is 8.78 Å². The molecule has 3 aromatic rings. The Balaban J connectivity index is 1.90. The highest BCUT2D eigenvalue weighted by atomic mass is 35.5. The highest BCUT2D eigenvalue weighted by Crippen LogP contribution is 2.39. The molecule has 0 amide bonds. The van der Waals surface area contributed by atoms with E-state index in [1.807, 2.05) is 0 Å². The van der Waals surface area contributed by atoms with Crippen LogP contribution in [0.5, 0.6) is 17.2 Å². The second kappa shape index (κ2) is 7.72. The summed E-state index contributed by atoms with van der Waals surface area (Å²) in [4.78, 5) is 0. The zero-order chi connectivity index (χ0) is 17.8. The Kier molecular flexibility index (Phi) is 5.41. The third-order valence-electron chi connectivity index (χ3n) is 3.35. The molecule has 0 aliphatic carbocycles. The van der Waals surface area contributed by atoms with Crippen LogP contribution in [0, 0.1) is 11.6 Å². The Bertz CT molecular complexity index is 869. The maximum absolute atomic E-state index is 14.4. The molecule has 0 heterocycles. The molecule has 3 aromatic carbocycles. The molecule has 0 saturated heterocycles. The van der Waals surface area contributed by atoms with Crippen LogP contribution in [0.1, 0.15) is 5.56 Å². The van der Waals surface area contributed by atoms with Crippen molar-refractivity contribution in [2.45, 2.75) is 6.61 Å². The summed E-state index contributed by atoms with van der Waals surface area (Å²) in [6.45, 7) is 0.0429. The molecule has 0 fully saturated rings. The quantitative estimate of drug-likeness (QED) is 0.461. The monoisotopic (exact) mass is 380 g/mol. The number of benzene rings is 3. The highest BCUT2D eigenvalue weighted by Gasteiger charge is 2.20. The summed E-state index contributed by atoms with van der Waals surface area (Å²) < 4.78 is 39.3. The van der Waals surface area contributed by atoms with E-state index >= 15 is 0 Å². The molecule has 25 heavy (non-hydrogen) atoms. The second-order valence-electron chi connectivity index (χ2n) is 5.14. The number of rotatable bonds is 5. The van der Waals surface area contributed by atoms with E-state index in [1.54, 1.807) is 54.6 Å². The molecule has 0 spiro atoms. The third-order valence-corrected chi connectivity index (χ3v) is 3.95. The van der Waals surface area contributed by atoms with Gasteiger partial charge in [-0.15, -0.1) is 0 Å². The van der Waals surface area contributed by atoms with Crippen molar-refractivity contribution >= 4 is 23.2 Å². The lowest BCUT2D eigenvalue weighted by Gasteiger charge is -2.14. The summed E-state index contributed by atoms with van der Waals surface area (Å²) in [5.74, 6) is -1.88. The lowest BCUT2D eigenvalue weighted by Crippen LogP contribution is -2.01. The van der Waals surface area contributed by atoms with Gasteiger partial charge in [-0.2, -0.15) is 0 Å². The molecule has 0 bridgehead atoms. The molecule has 128 valence electrons. The first kappa shape index (κ1) is 17.5. The van der Waals surface area contributed by atoms with Gasteiger partial charge in [0, 0.05) is 11.1 Å². The van der Waals surface area contributed by atoms with E-state index in [9.17, 15) is 8.78 Å². The molecule has 0 aliphatic heterocycles. The van der Waals surface area contributed by atoms with Crippen LogP contribution in [0.4, 0.5) is 8.78 Å². The van der Waals surface area contributed by atoms with Gasteiger partial charge in [0.15, 0.2) is 17.3 Å². The van der Waals surface area contributed by atoms with Gasteiger partial charge in [-0.05, 0) is 29.8 Å². The van der Waals surface area contributed by atoms with Crippen LogP contribution in [-0.2, 0) is 6.61 Å². The molecule has 2 nitrogen and oxygen atoms in total. The van der Waals surface area contributed by atoms with E-state index in [0.29, 0.717) is 10.8 Å². The number of ether oxygens (including phenoxy) is 2. The van der Waals surface area contributed by atoms with E-state index in [2.05, 4.69) is 0 Å². The third kappa shape index (κ3) is 4.21. The number of halogens is 4. The van der Waals surface area contributed by atoms with E-state index in [4.69, 9.17) is 32.7 Å². The number of hydrogen-bond donors (Lipinski definition) is 0. The summed E-state index contributed by atoms with van der Waals surface area (Å²) in [5.41, 5.74) is 0.759. The minimum Gasteiger partial charge on any atom is -0.482 e. The van der Waals surface area contributed by atoms with E-state index in [-0.39, 0.29) is 18.1 Å². The number of para-hydroxylation sites is 1. The van der Waals surface area contributed by atoms with Crippen LogP contribution in [0.3, 0.4) is 0 Å². The molecule has 0 radical (unpaired) electrons. The van der Waals surface area contributed by atoms with Crippen molar-refractivity contribution in [3.8, 4) is 17.2 Å². The standard InChI is InChI=1S/C19H12Cl2F2O2/c20-13-8-6-12(7-9-13)11-24-19-16(10-15(22)17(21)18(19)23)25-14-4-2-1-3-5-14/h1-10H,11H2. The van der Waals surface area contributed by atoms with Crippen molar-refractivity contribution in [3.63, 3.8) is 0 Å². The molecule has 0 aromatic heterocycles. The Labute approximate surface area is 153 Å². The second-order valence-corrected chi connectivity index (χ2v) is 5.96. The van der Waals surface area contributed by atoms with Crippen LogP contribution in [0.15, 0.2) is 60.7 Å². The van der Waals surface area contributed by atoms with Gasteiger partial charge < -0.3 is 9.47 Å². The summed E-state index contributed by atoms with van der Waals surface area (Å²) in [5, 5.41) is -0.0700. The van der Waals surface area contributed by atoms with Gasteiger partial charge in [-0.1, -0.05) is 53.5 Å². The first-order valence-corrected chi connectivity index (χ1v) is 8.08. The summed E-state index contributed by atoms with van der Waals surface area (Å²) in [6, 6.07) is 16.5. The van der Waals surface area contributed by atoms with Crippen molar-refractivity contribution in [3.05, 3.63) is 87.9 Å². The minimum atomic E-state index is -1.01. The average Bonchev–Trinajstić information content (AvgIpc) is 2.62. The number of hydrogen-bond acceptors (Lipinski definition) is 2. The van der Waals surface area contributed by atoms with Gasteiger partial charge in [0.2, 0.25) is 0 Å². The lowest BCUT2D eigenvalue weighted by molar-refractivity contribution is 0.274. The molecule has 0 N–H and O–H groups in total. The maximum Gasteiger partial charge on any atom is 0.199 e. The molecule has 0 atom stereocenters. The van der Waals surface area contributed by atoms with Gasteiger partial charge in [0.25, 0.3) is 0 Å². The molecule has 6 heteroatoms. The molecule has 0 saturated carbocycles. The predicted octanol–water partition coefficient (Wildman–Crippen LogP) is 6.64. The van der Waals surface area contributed by atoms with Gasteiger partial charge in [0.05, 0.1) is 0 Å². The summed E-state index contributed by atoms with van der Waals surface area (Å²) >= 11 is 11.5. The fourth-order valence-corrected chi connectivity index (χ4v) is 2.38. The molecule has 0 aliphatic rings. The zero-order valence-electron chi connectivity index (χ0n) is 12.8. The zero-order valence-corrected chi connectivity index (χ0v) is 14.3. The molecule has 0 unspecified atom stereocenters. The minimum absolute atomic E-state index is 0.0429. The van der Waals surface area contributed by atoms with E-state index < -0.39 is 16.7 Å². The topological polar surface area (TPSA) is 18.5 Å². The van der Waals surface area contributed by atoms with Crippen molar-refractivity contribution in [1.82, 2.24) is 0 Å². The summed E-state index contributed by atoms with van der Waals surface area (Å²) in [6.07, 6.45) is 0. The van der Waals surface area contributed by atoms with Crippen molar-refractivity contribution in [2.24, 2.45) is 0 Å². The Morgan fingerprint density at radius 3 is 2.24 bits per heavy atom. The van der Waals surface area contributed by atoms with Gasteiger partial charge >= 0.3 is 0 Å². The Morgan fingerprint density at radius 1 is 0.880 bits per heavy atom. The van der Waals surface area contributed by atoms with Crippen LogP contribution in [-0.4, -0.2) is 0 Å². The summed E-state index contributed by atoms with van der Waals surface area (Å²) in [7, 11) is 0. The van der Waals surface area contributed by atoms with Crippen molar-refractivity contribution in [2.75, 3.05) is 0 Å². The first-order chi connectivity index (χ1) is 12.0. The van der Waals surface area contributed by atoms with Crippen molar-refractivity contribution in [1.29, 1.82) is 0 Å². The van der Waals surface area contributed by atoms with Crippen LogP contribution in [0.2, 0.25) is 10.0 Å². The van der Waals surface area contributed by atoms with Crippen molar-refractivity contribution < 1.29 is 18.3 Å². The SMILES string of the molecule is Fc1cc(Oc2ccccc2)c(OCc2ccc(Cl)cc2)c(F)c1Cl. The fourth-order valence-electron chi connectivity index (χ4n) is 2.12. The largest absolute Gasteiger partial charge is 0.482 e. The molecular formula is C19H12Cl2F2O2. The Hall–Kier alpha value is -2.30. The highest BCUT2D eigenvalue weighted by molar-refractivity contribution is 6.31. The predicted molar refractivity (Wildman–Crippen MR) is 93.7 cm³/mol. The van der Waals surface area contributed by atoms with Gasteiger partial charge in [0.1, 0.15) is 23.2 Å². The molecule has 3 rings (SSSR count). The van der Waals surface area contributed by atoms with Crippen LogP contribution < -0.4 is 9.47 Å². The van der Waals surface area contributed by atoms with Crippen LogP contribution >= 0.6 is 23.2 Å². The van der Waals surface area contributed by atoms with Crippen LogP contribution in [0.25, 0.3) is 0 Å². The van der Waals surface area contributed by atoms with Gasteiger partial charge in [-0.3, -0.25) is 0 Å². The Morgan fingerprint density at radius 2 is 1.56 bits per heavy atom. The maximum atomic E-state index is 14.4. The van der Waals surface area contributed by atoms with E-state index in [1.165, 1.54) is 0 Å². The smallest absolute Gasteiger partial charge is 0.199 e. The lowest BCUT2D eigenvalue weighted by atomic mass is 10.2. The fraction of sp³-hybridized carbons (Fsp3) is 0.0526. The first-order valence-electron chi connectivity index (χ1n) is 7.32. The van der Waals surface area contributed by atoms with E-state index in [0.717, 1.165) is 11.6 Å².